The number of methoxy groups -OCH3 is 1. The maximum atomic E-state index is 11.5. The molecule has 2 saturated heterocycles. The van der Waals surface area contributed by atoms with Crippen LogP contribution in [0.2, 0.25) is 0 Å². The van der Waals surface area contributed by atoms with Crippen LogP contribution in [0.15, 0.2) is 33.5 Å². The lowest BCUT2D eigenvalue weighted by atomic mass is 9.99. The second kappa shape index (κ2) is 10.1. The average Bonchev–Trinajstić information content (AvgIpc) is 3.11. The van der Waals surface area contributed by atoms with Gasteiger partial charge in [-0.3, -0.25) is 0 Å². The molecule has 2 aliphatic heterocycles. The molecule has 0 amide bonds. The molecule has 34 heavy (non-hydrogen) atoms. The van der Waals surface area contributed by atoms with E-state index in [1.165, 1.54) is 31.4 Å². The number of aliphatic hydroxyl groups is 6. The zero-order chi connectivity index (χ0) is 24.6. The largest absolute Gasteiger partial charge is 0.493 e. The van der Waals surface area contributed by atoms with Crippen molar-refractivity contribution < 1.29 is 58.7 Å². The summed E-state index contributed by atoms with van der Waals surface area (Å²) in [5.41, 5.74) is -0.406. The smallest absolute Gasteiger partial charge is 0.336 e. The Kier molecular flexibility index (Phi) is 7.37. The van der Waals surface area contributed by atoms with Crippen molar-refractivity contribution in [2.45, 2.75) is 55.3 Å². The lowest BCUT2D eigenvalue weighted by Crippen LogP contribution is -2.60. The molecule has 188 valence electrons. The van der Waals surface area contributed by atoms with E-state index in [0.717, 1.165) is 0 Å². The molecule has 2 aromatic rings. The highest BCUT2D eigenvalue weighted by Crippen LogP contribution is 2.35. The molecule has 6 N–H and O–H groups in total. The molecule has 0 aliphatic carbocycles. The van der Waals surface area contributed by atoms with Gasteiger partial charge in [0, 0.05) is 17.5 Å². The monoisotopic (exact) mass is 486 g/mol. The summed E-state index contributed by atoms with van der Waals surface area (Å²) < 4.78 is 32.3. The number of hydrogen-bond acceptors (Lipinski definition) is 13. The summed E-state index contributed by atoms with van der Waals surface area (Å²) in [5.74, 6) is 0.247. The molecule has 1 aromatic carbocycles. The van der Waals surface area contributed by atoms with Gasteiger partial charge in [0.15, 0.2) is 17.8 Å². The number of hydrogen-bond donors (Lipinski definition) is 6. The van der Waals surface area contributed by atoms with Gasteiger partial charge in [0.1, 0.15) is 48.3 Å². The van der Waals surface area contributed by atoms with Crippen LogP contribution >= 0.6 is 0 Å². The Morgan fingerprint density at radius 2 is 1.53 bits per heavy atom. The third kappa shape index (κ3) is 4.75. The Hall–Kier alpha value is -2.33. The van der Waals surface area contributed by atoms with Crippen LogP contribution in [0, 0.1) is 0 Å². The Labute approximate surface area is 192 Å². The summed E-state index contributed by atoms with van der Waals surface area (Å²) in [6, 6.07) is 5.67. The molecule has 0 saturated carbocycles. The summed E-state index contributed by atoms with van der Waals surface area (Å²) in [5, 5.41) is 60.5. The van der Waals surface area contributed by atoms with Gasteiger partial charge in [-0.1, -0.05) is 0 Å². The first-order chi connectivity index (χ1) is 16.2. The Morgan fingerprint density at radius 3 is 2.21 bits per heavy atom. The van der Waals surface area contributed by atoms with Gasteiger partial charge >= 0.3 is 5.63 Å². The molecule has 2 aliphatic rings. The van der Waals surface area contributed by atoms with E-state index in [4.69, 9.17) is 33.2 Å². The molecule has 3 heterocycles. The van der Waals surface area contributed by atoms with Gasteiger partial charge in [0.05, 0.1) is 20.3 Å². The number of ether oxygens (including phenoxy) is 5. The van der Waals surface area contributed by atoms with Crippen molar-refractivity contribution in [2.24, 2.45) is 0 Å². The normalized spacial score (nSPS) is 36.0. The van der Waals surface area contributed by atoms with E-state index in [1.807, 2.05) is 0 Å². The Morgan fingerprint density at radius 1 is 0.853 bits per heavy atom. The molecule has 13 heteroatoms. The minimum absolute atomic E-state index is 0.0279. The first kappa shape index (κ1) is 24.8. The lowest BCUT2D eigenvalue weighted by molar-refractivity contribution is -0.290. The van der Waals surface area contributed by atoms with Crippen LogP contribution in [-0.4, -0.2) is 106 Å². The molecule has 13 nitrogen and oxygen atoms in total. The van der Waals surface area contributed by atoms with E-state index in [2.05, 4.69) is 0 Å². The van der Waals surface area contributed by atoms with Crippen LogP contribution in [0.1, 0.15) is 0 Å². The predicted molar refractivity (Wildman–Crippen MR) is 110 cm³/mol. The molecule has 0 unspecified atom stereocenters. The van der Waals surface area contributed by atoms with Crippen LogP contribution in [0.4, 0.5) is 0 Å². The van der Waals surface area contributed by atoms with E-state index in [9.17, 15) is 30.3 Å². The van der Waals surface area contributed by atoms with Crippen molar-refractivity contribution in [2.75, 3.05) is 20.3 Å². The van der Waals surface area contributed by atoms with Gasteiger partial charge in [-0.15, -0.1) is 0 Å². The van der Waals surface area contributed by atoms with Crippen LogP contribution in [-0.2, 0) is 14.2 Å². The average molecular weight is 486 g/mol. The maximum Gasteiger partial charge on any atom is 0.336 e. The van der Waals surface area contributed by atoms with Crippen molar-refractivity contribution in [3.05, 3.63) is 34.7 Å². The molecule has 2 fully saturated rings. The molecule has 9 atom stereocenters. The highest BCUT2D eigenvalue weighted by Gasteiger charge is 2.47. The highest BCUT2D eigenvalue weighted by atomic mass is 16.7. The number of benzene rings is 1. The summed E-state index contributed by atoms with van der Waals surface area (Å²) in [6.45, 7) is -0.976. The maximum absolute atomic E-state index is 11.5. The van der Waals surface area contributed by atoms with Crippen LogP contribution in [0.3, 0.4) is 0 Å². The SMILES string of the molecule is COc1cc2ccc(=O)oc2cc1O[C@@H]1O[C@H](CO[C@@H]2O[C@H](CO)[C@H](O)[C@H]2O)[C@@H](O)[C@H](O)[C@H]1O. The zero-order valence-electron chi connectivity index (χ0n) is 18.0. The summed E-state index contributed by atoms with van der Waals surface area (Å²) >= 11 is 0. The van der Waals surface area contributed by atoms with Gasteiger partial charge in [-0.2, -0.15) is 0 Å². The van der Waals surface area contributed by atoms with E-state index >= 15 is 0 Å². The third-order valence-corrected chi connectivity index (χ3v) is 5.74. The molecular weight excluding hydrogens is 460 g/mol. The summed E-state index contributed by atoms with van der Waals surface area (Å²) in [6.07, 6.45) is -12.9. The van der Waals surface area contributed by atoms with Crippen molar-refractivity contribution in [1.29, 1.82) is 0 Å². The second-order valence-electron chi connectivity index (χ2n) is 7.97. The van der Waals surface area contributed by atoms with E-state index in [0.29, 0.717) is 5.39 Å². The summed E-state index contributed by atoms with van der Waals surface area (Å²) in [4.78, 5) is 11.5. The van der Waals surface area contributed by atoms with E-state index in [-0.39, 0.29) is 17.1 Å². The van der Waals surface area contributed by atoms with Crippen molar-refractivity contribution >= 4 is 11.0 Å². The first-order valence-corrected chi connectivity index (χ1v) is 10.5. The molecular formula is C21H26O13. The number of fused-ring (bicyclic) bond motifs is 1. The van der Waals surface area contributed by atoms with E-state index < -0.39 is 74.1 Å². The minimum Gasteiger partial charge on any atom is -0.493 e. The van der Waals surface area contributed by atoms with E-state index in [1.54, 1.807) is 0 Å². The third-order valence-electron chi connectivity index (χ3n) is 5.74. The fraction of sp³-hybridized carbons (Fsp3) is 0.571. The van der Waals surface area contributed by atoms with Gasteiger partial charge in [0.2, 0.25) is 6.29 Å². The van der Waals surface area contributed by atoms with Crippen molar-refractivity contribution in [3.63, 3.8) is 0 Å². The standard InChI is InChI=1S/C21H26O13/c1-29-10-4-8-2-3-14(23)31-9(8)5-11(10)32-21-19(28)17(26)16(25)13(34-21)7-30-20-18(27)15(24)12(6-22)33-20/h2-5,12-13,15-22,24-28H,6-7H2,1H3/t12-,13-,15+,16-,17+,18-,19-,20-,21-/m1/s1. The molecule has 0 bridgehead atoms. The minimum atomic E-state index is -1.69. The van der Waals surface area contributed by atoms with Crippen LogP contribution in [0.5, 0.6) is 11.5 Å². The fourth-order valence-electron chi connectivity index (χ4n) is 3.80. The highest BCUT2D eigenvalue weighted by molar-refractivity contribution is 5.80. The van der Waals surface area contributed by atoms with Crippen LogP contribution < -0.4 is 15.1 Å². The second-order valence-corrected chi connectivity index (χ2v) is 7.97. The summed E-state index contributed by atoms with van der Waals surface area (Å²) in [7, 11) is 1.38. The van der Waals surface area contributed by atoms with Gasteiger partial charge in [-0.25, -0.2) is 4.79 Å². The van der Waals surface area contributed by atoms with Crippen LogP contribution in [0.25, 0.3) is 11.0 Å². The molecule has 0 spiro atoms. The number of rotatable bonds is 7. The molecule has 4 rings (SSSR count). The molecule has 1 aromatic heterocycles. The number of aliphatic hydroxyl groups excluding tert-OH is 6. The quantitative estimate of drug-likeness (QED) is 0.224. The topological polar surface area (TPSA) is 198 Å². The van der Waals surface area contributed by atoms with Gasteiger partial charge < -0.3 is 58.7 Å². The van der Waals surface area contributed by atoms with Crippen molar-refractivity contribution in [1.82, 2.24) is 0 Å². The Balaban J connectivity index is 1.49. The first-order valence-electron chi connectivity index (χ1n) is 10.5. The van der Waals surface area contributed by atoms with Gasteiger partial charge in [-0.05, 0) is 12.1 Å². The molecule has 0 radical (unpaired) electrons. The van der Waals surface area contributed by atoms with Gasteiger partial charge in [0.25, 0.3) is 0 Å². The predicted octanol–water partition coefficient (Wildman–Crippen LogP) is -2.56. The van der Waals surface area contributed by atoms with Crippen molar-refractivity contribution in [3.8, 4) is 11.5 Å². The lowest BCUT2D eigenvalue weighted by Gasteiger charge is -2.40. The zero-order valence-corrected chi connectivity index (χ0v) is 18.0. The Bertz CT molecular complexity index is 1040. The fourth-order valence-corrected chi connectivity index (χ4v) is 3.80.